The molecule has 3 nitrogen and oxygen atoms in total. The molecule has 0 aliphatic rings. The normalized spacial score (nSPS) is 12.2. The van der Waals surface area contributed by atoms with E-state index in [1.807, 2.05) is 32.0 Å². The van der Waals surface area contributed by atoms with Crippen LogP contribution >= 0.6 is 0 Å². The molecule has 0 radical (unpaired) electrons. The number of para-hydroxylation sites is 1. The van der Waals surface area contributed by atoms with Gasteiger partial charge in [-0.2, -0.15) is 0 Å². The van der Waals surface area contributed by atoms with Crippen molar-refractivity contribution in [2.75, 3.05) is 11.9 Å². The summed E-state index contributed by atoms with van der Waals surface area (Å²) in [7, 11) is 0. The van der Waals surface area contributed by atoms with Crippen LogP contribution in [0.3, 0.4) is 0 Å². The van der Waals surface area contributed by atoms with Crippen molar-refractivity contribution in [3.05, 3.63) is 29.3 Å². The molecule has 3 N–H and O–H groups in total. The Morgan fingerprint density at radius 1 is 1.28 bits per heavy atom. The summed E-state index contributed by atoms with van der Waals surface area (Å²) in [5.74, 6) is 0.606. The monoisotopic (exact) mass is 248 g/mol. The zero-order valence-electron chi connectivity index (χ0n) is 11.6. The molecule has 1 atom stereocenters. The maximum absolute atomic E-state index is 11.9. The van der Waals surface area contributed by atoms with Crippen molar-refractivity contribution in [3.8, 4) is 0 Å². The van der Waals surface area contributed by atoms with Crippen LogP contribution in [0.2, 0.25) is 0 Å². The molecule has 1 amide bonds. The molecule has 0 saturated heterocycles. The van der Waals surface area contributed by atoms with Gasteiger partial charge in [0.2, 0.25) is 5.91 Å². The Kier molecular flexibility index (Phi) is 5.86. The molecular weight excluding hydrogens is 224 g/mol. The Morgan fingerprint density at radius 2 is 1.89 bits per heavy atom. The number of amides is 1. The average Bonchev–Trinajstić information content (AvgIpc) is 2.32. The summed E-state index contributed by atoms with van der Waals surface area (Å²) in [5, 5.41) is 3.01. The van der Waals surface area contributed by atoms with E-state index >= 15 is 0 Å². The molecule has 0 fully saturated rings. The van der Waals surface area contributed by atoms with Crippen molar-refractivity contribution in [1.82, 2.24) is 0 Å². The first-order valence-corrected chi connectivity index (χ1v) is 6.60. The van der Waals surface area contributed by atoms with Crippen LogP contribution in [0.4, 0.5) is 5.69 Å². The quantitative estimate of drug-likeness (QED) is 0.813. The number of hydrogen-bond acceptors (Lipinski definition) is 2. The van der Waals surface area contributed by atoms with Gasteiger partial charge in [0.15, 0.2) is 0 Å². The van der Waals surface area contributed by atoms with E-state index in [1.165, 1.54) is 0 Å². The van der Waals surface area contributed by atoms with Gasteiger partial charge in [0.25, 0.3) is 0 Å². The van der Waals surface area contributed by atoms with Crippen LogP contribution in [0, 0.1) is 19.8 Å². The van der Waals surface area contributed by atoms with E-state index in [9.17, 15) is 4.79 Å². The van der Waals surface area contributed by atoms with Gasteiger partial charge < -0.3 is 11.1 Å². The second-order valence-electron chi connectivity index (χ2n) is 5.04. The Labute approximate surface area is 110 Å². The van der Waals surface area contributed by atoms with Crippen LogP contribution in [0.25, 0.3) is 0 Å². The van der Waals surface area contributed by atoms with E-state index < -0.39 is 0 Å². The second kappa shape index (κ2) is 7.17. The highest BCUT2D eigenvalue weighted by Gasteiger charge is 2.09. The van der Waals surface area contributed by atoms with Crippen molar-refractivity contribution in [2.45, 2.75) is 40.0 Å². The predicted octanol–water partition coefficient (Wildman–Crippen LogP) is 3.01. The lowest BCUT2D eigenvalue weighted by Crippen LogP contribution is -2.15. The minimum Gasteiger partial charge on any atom is -0.330 e. The summed E-state index contributed by atoms with van der Waals surface area (Å²) in [5.41, 5.74) is 8.67. The number of hydrogen-bond donors (Lipinski definition) is 2. The van der Waals surface area contributed by atoms with E-state index in [4.69, 9.17) is 5.73 Å². The van der Waals surface area contributed by atoms with Gasteiger partial charge >= 0.3 is 0 Å². The van der Waals surface area contributed by atoms with Crippen molar-refractivity contribution < 1.29 is 4.79 Å². The van der Waals surface area contributed by atoms with Crippen molar-refractivity contribution in [1.29, 1.82) is 0 Å². The lowest BCUT2D eigenvalue weighted by atomic mass is 10.0. The Balaban J connectivity index is 2.50. The van der Waals surface area contributed by atoms with Crippen LogP contribution in [-0.2, 0) is 4.79 Å². The molecule has 18 heavy (non-hydrogen) atoms. The van der Waals surface area contributed by atoms with E-state index in [1.54, 1.807) is 0 Å². The standard InChI is InChI=1S/C15H24N2O/c1-11(9-10-16)7-8-14(18)17-15-12(2)5-4-6-13(15)3/h4-6,11H,7-10,16H2,1-3H3,(H,17,18). The minimum absolute atomic E-state index is 0.0938. The van der Waals surface area contributed by atoms with Gasteiger partial charge in [-0.25, -0.2) is 0 Å². The molecule has 3 heteroatoms. The van der Waals surface area contributed by atoms with Crippen LogP contribution < -0.4 is 11.1 Å². The maximum atomic E-state index is 11.9. The van der Waals surface area contributed by atoms with E-state index in [-0.39, 0.29) is 5.91 Å². The summed E-state index contributed by atoms with van der Waals surface area (Å²) in [6, 6.07) is 6.03. The fourth-order valence-corrected chi connectivity index (χ4v) is 2.02. The molecule has 0 saturated carbocycles. The summed E-state index contributed by atoms with van der Waals surface area (Å²) < 4.78 is 0. The highest BCUT2D eigenvalue weighted by atomic mass is 16.1. The van der Waals surface area contributed by atoms with Crippen molar-refractivity contribution in [3.63, 3.8) is 0 Å². The van der Waals surface area contributed by atoms with Gasteiger partial charge in [0, 0.05) is 12.1 Å². The fourth-order valence-electron chi connectivity index (χ4n) is 2.02. The van der Waals surface area contributed by atoms with Gasteiger partial charge in [-0.1, -0.05) is 25.1 Å². The van der Waals surface area contributed by atoms with E-state index in [0.29, 0.717) is 18.9 Å². The summed E-state index contributed by atoms with van der Waals surface area (Å²) in [6.45, 7) is 6.86. The minimum atomic E-state index is 0.0938. The SMILES string of the molecule is Cc1cccc(C)c1NC(=O)CCC(C)CCN. The number of carbonyl (C=O) groups excluding carboxylic acids is 1. The molecule has 0 bridgehead atoms. The van der Waals surface area contributed by atoms with Crippen molar-refractivity contribution in [2.24, 2.45) is 11.7 Å². The van der Waals surface area contributed by atoms with E-state index in [2.05, 4.69) is 12.2 Å². The Hall–Kier alpha value is -1.35. The number of nitrogens with two attached hydrogens (primary N) is 1. The molecule has 0 aliphatic heterocycles. The molecule has 0 aliphatic carbocycles. The number of aryl methyl sites for hydroxylation is 2. The first kappa shape index (κ1) is 14.7. The number of nitrogens with one attached hydrogen (secondary N) is 1. The zero-order valence-corrected chi connectivity index (χ0v) is 11.6. The zero-order chi connectivity index (χ0) is 13.5. The number of benzene rings is 1. The molecule has 0 spiro atoms. The average molecular weight is 248 g/mol. The second-order valence-corrected chi connectivity index (χ2v) is 5.04. The van der Waals surface area contributed by atoms with E-state index in [0.717, 1.165) is 29.7 Å². The van der Waals surface area contributed by atoms with Crippen molar-refractivity contribution >= 4 is 11.6 Å². The topological polar surface area (TPSA) is 55.1 Å². The third-order valence-electron chi connectivity index (χ3n) is 3.27. The summed E-state index contributed by atoms with van der Waals surface area (Å²) >= 11 is 0. The highest BCUT2D eigenvalue weighted by molar-refractivity contribution is 5.92. The Bertz CT molecular complexity index is 381. The number of carbonyl (C=O) groups is 1. The van der Waals surface area contributed by atoms with Gasteiger partial charge in [-0.3, -0.25) is 4.79 Å². The van der Waals surface area contributed by atoms with Gasteiger partial charge in [-0.15, -0.1) is 0 Å². The molecule has 1 aromatic carbocycles. The van der Waals surface area contributed by atoms with Gasteiger partial charge in [0.05, 0.1) is 0 Å². The molecule has 1 aromatic rings. The first-order valence-electron chi connectivity index (χ1n) is 6.60. The van der Waals surface area contributed by atoms with Gasteiger partial charge in [0.1, 0.15) is 0 Å². The highest BCUT2D eigenvalue weighted by Crippen LogP contribution is 2.20. The third-order valence-corrected chi connectivity index (χ3v) is 3.27. The predicted molar refractivity (Wildman–Crippen MR) is 76.6 cm³/mol. The largest absolute Gasteiger partial charge is 0.330 e. The fraction of sp³-hybridized carbons (Fsp3) is 0.533. The summed E-state index contributed by atoms with van der Waals surface area (Å²) in [6.07, 6.45) is 2.44. The Morgan fingerprint density at radius 3 is 2.44 bits per heavy atom. The maximum Gasteiger partial charge on any atom is 0.224 e. The lowest BCUT2D eigenvalue weighted by molar-refractivity contribution is -0.116. The molecule has 0 heterocycles. The first-order chi connectivity index (χ1) is 8.54. The van der Waals surface area contributed by atoms with Crippen LogP contribution in [0.15, 0.2) is 18.2 Å². The molecule has 1 rings (SSSR count). The van der Waals surface area contributed by atoms with Crippen LogP contribution in [0.1, 0.15) is 37.3 Å². The molecule has 0 aromatic heterocycles. The number of anilines is 1. The van der Waals surface area contributed by atoms with Crippen LogP contribution in [-0.4, -0.2) is 12.5 Å². The van der Waals surface area contributed by atoms with Gasteiger partial charge in [-0.05, 0) is 50.3 Å². The van der Waals surface area contributed by atoms with Crippen LogP contribution in [0.5, 0.6) is 0 Å². The molecule has 1 unspecified atom stereocenters. The molecule has 100 valence electrons. The number of rotatable bonds is 6. The third kappa shape index (κ3) is 4.49. The lowest BCUT2D eigenvalue weighted by Gasteiger charge is -2.13. The smallest absolute Gasteiger partial charge is 0.224 e. The summed E-state index contributed by atoms with van der Waals surface area (Å²) in [4.78, 5) is 11.9. The molecular formula is C15H24N2O.